The van der Waals surface area contributed by atoms with E-state index in [1.54, 1.807) is 0 Å². The molecule has 2 aliphatic carbocycles. The lowest BCUT2D eigenvalue weighted by molar-refractivity contribution is 1.01. The van der Waals surface area contributed by atoms with Crippen molar-refractivity contribution < 1.29 is 0 Å². The maximum absolute atomic E-state index is 5.27. The van der Waals surface area contributed by atoms with Gasteiger partial charge in [0.15, 0.2) is 0 Å². The Bertz CT molecular complexity index is 6480. The number of para-hydroxylation sites is 4. The molecule has 0 saturated heterocycles. The minimum absolute atomic E-state index is 0.671. The second kappa shape index (κ2) is 22.4. The van der Waals surface area contributed by atoms with E-state index >= 15 is 0 Å². The van der Waals surface area contributed by atoms with Crippen molar-refractivity contribution in [3.63, 3.8) is 0 Å². The van der Waals surface area contributed by atoms with E-state index < -0.39 is 0 Å². The molecular weight excluding hydrogens is 1190 g/mol. The van der Waals surface area contributed by atoms with Crippen LogP contribution < -0.4 is 0 Å². The van der Waals surface area contributed by atoms with Gasteiger partial charge in [-0.2, -0.15) is 0 Å². The third-order valence-corrected chi connectivity index (χ3v) is 20.5. The van der Waals surface area contributed by atoms with E-state index in [0.717, 1.165) is 68.0 Å². The molecule has 6 heteroatoms. The lowest BCUT2D eigenvalue weighted by Crippen LogP contribution is -2.03. The molecule has 98 heavy (non-hydrogen) atoms. The second-order valence-electron chi connectivity index (χ2n) is 26.0. The molecule has 4 aromatic heterocycles. The Balaban J connectivity index is 0.000000134. The highest BCUT2D eigenvalue weighted by molar-refractivity contribution is 6.23. The van der Waals surface area contributed by atoms with Crippen molar-refractivity contribution in [2.75, 3.05) is 0 Å². The van der Waals surface area contributed by atoms with Crippen LogP contribution in [0.1, 0.15) is 22.3 Å². The molecule has 0 atom stereocenters. The molecule has 4 heterocycles. The fourth-order valence-corrected chi connectivity index (χ4v) is 15.7. The van der Waals surface area contributed by atoms with Gasteiger partial charge in [0.05, 0.1) is 38.8 Å². The van der Waals surface area contributed by atoms with E-state index in [-0.39, 0.29) is 0 Å². The molecule has 0 unspecified atom stereocenters. The molecule has 15 aromatic carbocycles. The Morgan fingerprint density at radius 3 is 1.20 bits per heavy atom. The molecule has 21 rings (SSSR count). The normalized spacial score (nSPS) is 12.2. The van der Waals surface area contributed by atoms with Gasteiger partial charge in [0.2, 0.25) is 11.9 Å². The zero-order valence-electron chi connectivity index (χ0n) is 53.3. The topological polar surface area (TPSA) is 61.4 Å². The first-order chi connectivity index (χ1) is 48.5. The summed E-state index contributed by atoms with van der Waals surface area (Å²) in [6, 6.07) is 116. The number of nitrogens with zero attached hydrogens (tertiary/aromatic N) is 6. The minimum atomic E-state index is 0.671. The first-order valence-corrected chi connectivity index (χ1v) is 33.7. The van der Waals surface area contributed by atoms with Crippen molar-refractivity contribution in [3.8, 4) is 89.9 Å². The fraction of sp³-hybridized carbons (Fsp3) is 0.0217. The van der Waals surface area contributed by atoms with E-state index in [9.17, 15) is 0 Å². The van der Waals surface area contributed by atoms with Crippen LogP contribution in [0.15, 0.2) is 328 Å². The third-order valence-electron chi connectivity index (χ3n) is 20.5. The second-order valence-corrected chi connectivity index (χ2v) is 26.0. The lowest BCUT2D eigenvalue weighted by Gasteiger charge is -2.12. The molecule has 456 valence electrons. The quantitative estimate of drug-likeness (QED) is 0.160. The molecule has 6 nitrogen and oxygen atoms in total. The summed E-state index contributed by atoms with van der Waals surface area (Å²) in [5.74, 6) is 1.36. The maximum Gasteiger partial charge on any atom is 0.235 e. The molecule has 19 aromatic rings. The van der Waals surface area contributed by atoms with Crippen molar-refractivity contribution in [2.24, 2.45) is 0 Å². The molecule has 0 N–H and O–H groups in total. The third kappa shape index (κ3) is 9.10. The SMILES string of the molecule is c1ccc(-c2nc(-n3c4ccccc4c4c5cc(-c6ccc(-c7ccc8c(c7)-c7ccccc7C8)cc6)ccc5ccc43)nc3ccccc23)cc1.c1ccc2c(c1)Cc1ccc(-c3ccc(-c4ccc5ccc6c(c5c4)c4ccccc4n6-c4ncc5ccccc5n4)cc3)cc1-2. The molecule has 2 aliphatic rings. The Hall–Kier alpha value is -12.9. The summed E-state index contributed by atoms with van der Waals surface area (Å²) in [5.41, 5.74) is 29.2. The number of rotatable bonds is 7. The van der Waals surface area contributed by atoms with E-state index in [1.165, 1.54) is 132 Å². The minimum Gasteiger partial charge on any atom is -0.278 e. The fourth-order valence-electron chi connectivity index (χ4n) is 15.7. The Kier molecular flexibility index (Phi) is 12.7. The standard InChI is InChI=1S/C49H31N3.C43H27N3/c1-2-10-34(11-3-1)48-40-14-6-8-16-44(40)50-49(51-48)52-45-17-9-7-15-41(45)47-43-30-36(23-22-33(43)26-27-46(47)52)32-20-18-31(19-21-32)35-24-25-38-28-37-12-4-5-13-39(37)42(38)29-35;1-3-9-35-32(7-1)23-33-20-19-30(24-37(33)35)27-13-15-28(16-14-27)31-18-17-29-21-22-41-42(38(29)25-31)36-10-4-6-12-40(36)46(41)43-44-26-34-8-2-5-11-39(34)45-43/h1-27,29-30H,28H2;1-22,24-26H,23H2. The van der Waals surface area contributed by atoms with Gasteiger partial charge >= 0.3 is 0 Å². The Morgan fingerprint density at radius 1 is 0.235 bits per heavy atom. The largest absolute Gasteiger partial charge is 0.278 e. The van der Waals surface area contributed by atoms with Gasteiger partial charge in [-0.15, -0.1) is 0 Å². The van der Waals surface area contributed by atoms with Crippen LogP contribution in [0.2, 0.25) is 0 Å². The van der Waals surface area contributed by atoms with Gasteiger partial charge in [0.25, 0.3) is 0 Å². The van der Waals surface area contributed by atoms with Gasteiger partial charge in [-0.3, -0.25) is 9.13 Å². The zero-order valence-corrected chi connectivity index (χ0v) is 53.3. The smallest absolute Gasteiger partial charge is 0.235 e. The predicted octanol–water partition coefficient (Wildman–Crippen LogP) is 23.2. The summed E-state index contributed by atoms with van der Waals surface area (Å²) in [6.07, 6.45) is 3.96. The lowest BCUT2D eigenvalue weighted by atomic mass is 9.95. The summed E-state index contributed by atoms with van der Waals surface area (Å²) < 4.78 is 4.44. The molecule has 0 amide bonds. The van der Waals surface area contributed by atoms with E-state index in [0.29, 0.717) is 11.9 Å². The van der Waals surface area contributed by atoms with E-state index in [1.807, 2.05) is 36.5 Å². The average molecular weight is 1250 g/mol. The molecule has 0 fully saturated rings. The average Bonchev–Trinajstić information content (AvgIpc) is 1.58. The van der Waals surface area contributed by atoms with Gasteiger partial charge in [-0.25, -0.2) is 19.9 Å². The van der Waals surface area contributed by atoms with Crippen molar-refractivity contribution >= 4 is 87.0 Å². The molecule has 0 spiro atoms. The van der Waals surface area contributed by atoms with Crippen LogP contribution >= 0.6 is 0 Å². The molecule has 0 aliphatic heterocycles. The van der Waals surface area contributed by atoms with Crippen LogP contribution in [0.4, 0.5) is 0 Å². The van der Waals surface area contributed by atoms with Crippen molar-refractivity contribution in [1.82, 2.24) is 29.1 Å². The van der Waals surface area contributed by atoms with Crippen LogP contribution in [0, 0.1) is 0 Å². The van der Waals surface area contributed by atoms with Crippen LogP contribution in [-0.4, -0.2) is 29.1 Å². The first-order valence-electron chi connectivity index (χ1n) is 33.7. The molecule has 0 radical (unpaired) electrons. The maximum atomic E-state index is 5.27. The van der Waals surface area contributed by atoms with Gasteiger partial charge in [-0.05, 0) is 184 Å². The van der Waals surface area contributed by atoms with Gasteiger partial charge in [-0.1, -0.05) is 261 Å². The molecular formula is C92H58N6. The monoisotopic (exact) mass is 1250 g/mol. The summed E-state index contributed by atoms with van der Waals surface area (Å²) >= 11 is 0. The van der Waals surface area contributed by atoms with Crippen LogP contribution in [0.3, 0.4) is 0 Å². The van der Waals surface area contributed by atoms with E-state index in [2.05, 4.69) is 300 Å². The number of aromatic nitrogens is 6. The van der Waals surface area contributed by atoms with Crippen LogP contribution in [0.25, 0.3) is 177 Å². The zero-order chi connectivity index (χ0) is 64.4. The number of hydrogen-bond donors (Lipinski definition) is 0. The summed E-state index contributed by atoms with van der Waals surface area (Å²) in [6.45, 7) is 0. The Labute approximate surface area is 565 Å². The van der Waals surface area contributed by atoms with Crippen molar-refractivity contribution in [3.05, 3.63) is 350 Å². The predicted molar refractivity (Wildman–Crippen MR) is 406 cm³/mol. The number of fused-ring (bicyclic) bond motifs is 18. The number of hydrogen-bond acceptors (Lipinski definition) is 4. The van der Waals surface area contributed by atoms with Gasteiger partial charge in [0.1, 0.15) is 0 Å². The summed E-state index contributed by atoms with van der Waals surface area (Å²) in [7, 11) is 0. The summed E-state index contributed by atoms with van der Waals surface area (Å²) in [5, 5.41) is 11.8. The summed E-state index contributed by atoms with van der Waals surface area (Å²) in [4.78, 5) is 20.2. The highest BCUT2D eigenvalue weighted by Gasteiger charge is 2.23. The van der Waals surface area contributed by atoms with Gasteiger partial charge < -0.3 is 0 Å². The first kappa shape index (κ1) is 55.5. The molecule has 0 bridgehead atoms. The molecule has 0 saturated carbocycles. The van der Waals surface area contributed by atoms with Crippen LogP contribution in [0.5, 0.6) is 0 Å². The van der Waals surface area contributed by atoms with Crippen molar-refractivity contribution in [1.29, 1.82) is 0 Å². The highest BCUT2D eigenvalue weighted by Crippen LogP contribution is 2.44. The Morgan fingerprint density at radius 2 is 0.643 bits per heavy atom. The van der Waals surface area contributed by atoms with E-state index in [4.69, 9.17) is 19.9 Å². The highest BCUT2D eigenvalue weighted by atomic mass is 15.2. The number of benzene rings is 15. The van der Waals surface area contributed by atoms with Gasteiger partial charge in [0, 0.05) is 44.1 Å². The van der Waals surface area contributed by atoms with Crippen molar-refractivity contribution in [2.45, 2.75) is 12.8 Å². The van der Waals surface area contributed by atoms with Crippen LogP contribution in [-0.2, 0) is 12.8 Å².